The highest BCUT2D eigenvalue weighted by molar-refractivity contribution is 7.91. The van der Waals surface area contributed by atoms with Gasteiger partial charge >= 0.3 is 0 Å². The predicted octanol–water partition coefficient (Wildman–Crippen LogP) is 1.91. The molecule has 1 aromatic heterocycles. The Labute approximate surface area is 112 Å². The number of hydrogen-bond donors (Lipinski definition) is 0. The number of aldehydes is 1. The fourth-order valence-electron chi connectivity index (χ4n) is 1.53. The molecule has 0 aliphatic rings. The zero-order chi connectivity index (χ0) is 13.9. The number of aryl methyl sites for hydroxylation is 1. The van der Waals surface area contributed by atoms with Crippen LogP contribution >= 0.6 is 11.6 Å². The molecule has 0 amide bonds. The van der Waals surface area contributed by atoms with Crippen LogP contribution in [0.1, 0.15) is 42.7 Å². The Morgan fingerprint density at radius 1 is 1.44 bits per heavy atom. The molecular formula is C11H17ClN2O3S. The molecule has 5 nitrogen and oxygen atoms in total. The molecule has 0 atom stereocenters. The van der Waals surface area contributed by atoms with Crippen LogP contribution in [0.3, 0.4) is 0 Å². The highest BCUT2D eigenvalue weighted by Crippen LogP contribution is 2.24. The molecule has 0 fully saturated rings. The molecule has 0 aromatic carbocycles. The molecule has 0 unspecified atom stereocenters. The third-order valence-electron chi connectivity index (χ3n) is 2.67. The predicted molar refractivity (Wildman–Crippen MR) is 71.0 cm³/mol. The van der Waals surface area contributed by atoms with Crippen LogP contribution in [0.25, 0.3) is 0 Å². The summed E-state index contributed by atoms with van der Waals surface area (Å²) in [6.45, 7) is 5.57. The molecule has 0 aliphatic carbocycles. The Kier molecular flexibility index (Phi) is 4.92. The van der Waals surface area contributed by atoms with Crippen molar-refractivity contribution in [1.82, 2.24) is 9.78 Å². The molecular weight excluding hydrogens is 276 g/mol. The third kappa shape index (κ3) is 3.32. The summed E-state index contributed by atoms with van der Waals surface area (Å²) >= 11 is 6.02. The van der Waals surface area contributed by atoms with E-state index in [2.05, 4.69) is 5.10 Å². The summed E-state index contributed by atoms with van der Waals surface area (Å²) in [6.07, 6.45) is 0.662. The lowest BCUT2D eigenvalue weighted by Crippen LogP contribution is -2.15. The Hall–Kier alpha value is -0.880. The topological polar surface area (TPSA) is 69.0 Å². The molecule has 0 saturated carbocycles. The van der Waals surface area contributed by atoms with Gasteiger partial charge in [-0.1, -0.05) is 32.4 Å². The van der Waals surface area contributed by atoms with Crippen molar-refractivity contribution in [3.05, 3.63) is 16.4 Å². The van der Waals surface area contributed by atoms with Crippen LogP contribution in [0.2, 0.25) is 5.15 Å². The van der Waals surface area contributed by atoms with Crippen LogP contribution in [-0.4, -0.2) is 36.0 Å². The molecule has 0 spiro atoms. The summed E-state index contributed by atoms with van der Waals surface area (Å²) in [7, 11) is -3.07. The van der Waals surface area contributed by atoms with E-state index < -0.39 is 9.84 Å². The Morgan fingerprint density at radius 2 is 2.06 bits per heavy atom. The molecule has 7 heteroatoms. The molecule has 0 aliphatic heterocycles. The first-order valence-electron chi connectivity index (χ1n) is 5.74. The van der Waals surface area contributed by atoms with Crippen LogP contribution in [0.5, 0.6) is 0 Å². The minimum Gasteiger partial charge on any atom is -0.298 e. The number of halogens is 1. The first-order chi connectivity index (χ1) is 8.32. The van der Waals surface area contributed by atoms with Crippen LogP contribution in [0.15, 0.2) is 0 Å². The van der Waals surface area contributed by atoms with Crippen molar-refractivity contribution in [1.29, 1.82) is 0 Å². The van der Waals surface area contributed by atoms with Crippen molar-refractivity contribution in [3.63, 3.8) is 0 Å². The van der Waals surface area contributed by atoms with Crippen LogP contribution < -0.4 is 0 Å². The van der Waals surface area contributed by atoms with Crippen LogP contribution in [0.4, 0.5) is 0 Å². The van der Waals surface area contributed by atoms with Crippen molar-refractivity contribution < 1.29 is 13.2 Å². The van der Waals surface area contributed by atoms with Crippen molar-refractivity contribution >= 4 is 27.7 Å². The lowest BCUT2D eigenvalue weighted by molar-refractivity contribution is 0.112. The van der Waals surface area contributed by atoms with Gasteiger partial charge in [0.1, 0.15) is 5.15 Å². The molecule has 0 bridgehead atoms. The van der Waals surface area contributed by atoms with Crippen molar-refractivity contribution in [2.24, 2.45) is 0 Å². The summed E-state index contributed by atoms with van der Waals surface area (Å²) in [5.41, 5.74) is 0.949. The van der Waals surface area contributed by atoms with Gasteiger partial charge in [-0.2, -0.15) is 5.10 Å². The fourth-order valence-corrected chi connectivity index (χ4v) is 2.53. The average molecular weight is 293 g/mol. The van der Waals surface area contributed by atoms with Gasteiger partial charge in [-0.05, 0) is 5.92 Å². The second kappa shape index (κ2) is 5.84. The zero-order valence-electron chi connectivity index (χ0n) is 10.7. The first-order valence-corrected chi connectivity index (χ1v) is 7.94. The maximum absolute atomic E-state index is 11.4. The van der Waals surface area contributed by atoms with Crippen molar-refractivity contribution in [2.45, 2.75) is 33.2 Å². The van der Waals surface area contributed by atoms with Gasteiger partial charge in [0.2, 0.25) is 0 Å². The van der Waals surface area contributed by atoms with E-state index in [4.69, 9.17) is 11.6 Å². The minimum absolute atomic E-state index is 0.0271. The summed E-state index contributed by atoms with van der Waals surface area (Å²) in [5.74, 6) is 0.122. The highest BCUT2D eigenvalue weighted by Gasteiger charge is 2.19. The summed E-state index contributed by atoms with van der Waals surface area (Å²) in [4.78, 5) is 11.0. The van der Waals surface area contributed by atoms with E-state index >= 15 is 0 Å². The standard InChI is InChI=1S/C11H17ClN2O3S/c1-4-18(16,17)6-5-14-11(12)9(7-15)10(13-14)8(2)3/h7-8H,4-6H2,1-3H3. The van der Waals surface area contributed by atoms with E-state index in [1.165, 1.54) is 4.68 Å². The maximum Gasteiger partial charge on any atom is 0.155 e. The first kappa shape index (κ1) is 15.2. The van der Waals surface area contributed by atoms with Crippen LogP contribution in [-0.2, 0) is 16.4 Å². The van der Waals surface area contributed by atoms with E-state index in [1.807, 2.05) is 13.8 Å². The summed E-state index contributed by atoms with van der Waals surface area (Å²) < 4.78 is 24.2. The number of sulfone groups is 1. The molecule has 18 heavy (non-hydrogen) atoms. The highest BCUT2D eigenvalue weighted by atomic mass is 35.5. The van der Waals surface area contributed by atoms with Gasteiger partial charge in [-0.3, -0.25) is 9.48 Å². The number of hydrogen-bond acceptors (Lipinski definition) is 4. The monoisotopic (exact) mass is 292 g/mol. The van der Waals surface area contributed by atoms with Gasteiger partial charge < -0.3 is 0 Å². The van der Waals surface area contributed by atoms with Gasteiger partial charge in [-0.25, -0.2) is 8.42 Å². The van der Waals surface area contributed by atoms with E-state index in [1.54, 1.807) is 6.92 Å². The van der Waals surface area contributed by atoms with Crippen molar-refractivity contribution in [2.75, 3.05) is 11.5 Å². The fraction of sp³-hybridized carbons (Fsp3) is 0.636. The Balaban J connectivity index is 3.01. The maximum atomic E-state index is 11.4. The number of carbonyl (C=O) groups is 1. The lowest BCUT2D eigenvalue weighted by Gasteiger charge is -2.03. The van der Waals surface area contributed by atoms with Gasteiger partial charge in [-0.15, -0.1) is 0 Å². The van der Waals surface area contributed by atoms with E-state index in [-0.39, 0.29) is 29.1 Å². The molecule has 0 saturated heterocycles. The smallest absolute Gasteiger partial charge is 0.155 e. The third-order valence-corrected chi connectivity index (χ3v) is 4.75. The van der Waals surface area contributed by atoms with E-state index in [0.29, 0.717) is 17.5 Å². The number of nitrogens with zero attached hydrogens (tertiary/aromatic N) is 2. The molecule has 1 heterocycles. The number of rotatable bonds is 6. The van der Waals surface area contributed by atoms with Gasteiger partial charge in [0.05, 0.1) is 23.6 Å². The molecule has 102 valence electrons. The zero-order valence-corrected chi connectivity index (χ0v) is 12.3. The van der Waals surface area contributed by atoms with E-state index in [9.17, 15) is 13.2 Å². The molecule has 0 radical (unpaired) electrons. The number of carbonyl (C=O) groups excluding carboxylic acids is 1. The van der Waals surface area contributed by atoms with Gasteiger partial charge in [0.25, 0.3) is 0 Å². The van der Waals surface area contributed by atoms with Crippen LogP contribution in [0, 0.1) is 0 Å². The molecule has 0 N–H and O–H groups in total. The molecule has 1 aromatic rings. The number of aromatic nitrogens is 2. The lowest BCUT2D eigenvalue weighted by atomic mass is 10.1. The summed E-state index contributed by atoms with van der Waals surface area (Å²) in [6, 6.07) is 0. The second-order valence-corrected chi connectivity index (χ2v) is 7.15. The molecule has 1 rings (SSSR count). The van der Waals surface area contributed by atoms with Crippen molar-refractivity contribution in [3.8, 4) is 0 Å². The second-order valence-electron chi connectivity index (χ2n) is 4.32. The Morgan fingerprint density at radius 3 is 2.44 bits per heavy atom. The van der Waals surface area contributed by atoms with E-state index in [0.717, 1.165) is 0 Å². The minimum atomic E-state index is -3.07. The van der Waals surface area contributed by atoms with Gasteiger partial charge in [0.15, 0.2) is 16.1 Å². The SMILES string of the molecule is CCS(=O)(=O)CCn1nc(C(C)C)c(C=O)c1Cl. The quantitative estimate of drug-likeness (QED) is 0.751. The normalized spacial score (nSPS) is 12.1. The summed E-state index contributed by atoms with van der Waals surface area (Å²) in [5, 5.41) is 4.41. The van der Waals surface area contributed by atoms with Gasteiger partial charge in [0, 0.05) is 5.75 Å². The average Bonchev–Trinajstić information content (AvgIpc) is 2.63. The largest absolute Gasteiger partial charge is 0.298 e. The Bertz CT molecular complexity index is 535.